The second kappa shape index (κ2) is 9.53. The average Bonchev–Trinajstić information content (AvgIpc) is 3.11. The number of alkyl carbamates (subject to hydrolysis) is 1. The Morgan fingerprint density at radius 1 is 1.23 bits per heavy atom. The molecule has 11 heteroatoms. The Bertz CT molecular complexity index is 1000. The maximum absolute atomic E-state index is 12.7. The normalized spacial score (nSPS) is 14.2. The Labute approximate surface area is 186 Å². The minimum Gasteiger partial charge on any atom is -0.444 e. The summed E-state index contributed by atoms with van der Waals surface area (Å²) >= 11 is 11.8. The van der Waals surface area contributed by atoms with Gasteiger partial charge in [0.25, 0.3) is 0 Å². The fourth-order valence-corrected chi connectivity index (χ4v) is 3.94. The van der Waals surface area contributed by atoms with E-state index >= 15 is 0 Å². The van der Waals surface area contributed by atoms with E-state index in [1.165, 1.54) is 12.1 Å². The minimum absolute atomic E-state index is 0.0112. The van der Waals surface area contributed by atoms with Crippen LogP contribution < -0.4 is 5.32 Å². The van der Waals surface area contributed by atoms with E-state index in [-0.39, 0.29) is 22.6 Å². The van der Waals surface area contributed by atoms with Gasteiger partial charge in [0.1, 0.15) is 11.6 Å². The van der Waals surface area contributed by atoms with Crippen LogP contribution in [0.3, 0.4) is 0 Å². The number of benzene rings is 1. The van der Waals surface area contributed by atoms with E-state index in [1.807, 2.05) is 13.8 Å². The zero-order chi connectivity index (χ0) is 22.7. The number of sulfone groups is 1. The van der Waals surface area contributed by atoms with Crippen LogP contribution in [-0.4, -0.2) is 30.3 Å². The highest BCUT2D eigenvalue weighted by Gasteiger charge is 2.31. The molecule has 0 radical (unpaired) electrons. The summed E-state index contributed by atoms with van der Waals surface area (Å²) in [4.78, 5) is 12.2. The predicted octanol–water partition coefficient (Wildman–Crippen LogP) is 4.96. The summed E-state index contributed by atoms with van der Waals surface area (Å²) < 4.78 is 36.1. The number of ether oxygens (including phenoxy) is 1. The van der Waals surface area contributed by atoms with Crippen molar-refractivity contribution in [2.45, 2.75) is 63.7 Å². The minimum atomic E-state index is -3.93. The molecule has 1 amide bonds. The van der Waals surface area contributed by atoms with Crippen molar-refractivity contribution in [3.05, 3.63) is 39.7 Å². The Kier molecular flexibility index (Phi) is 7.76. The fourth-order valence-electron chi connectivity index (χ4n) is 2.50. The van der Waals surface area contributed by atoms with E-state index in [4.69, 9.17) is 32.4 Å². The largest absolute Gasteiger partial charge is 0.444 e. The van der Waals surface area contributed by atoms with E-state index in [0.29, 0.717) is 17.0 Å². The van der Waals surface area contributed by atoms with Gasteiger partial charge in [0, 0.05) is 0 Å². The van der Waals surface area contributed by atoms with E-state index < -0.39 is 32.8 Å². The molecular formula is C19H25Cl2N3O5S. The van der Waals surface area contributed by atoms with Gasteiger partial charge >= 0.3 is 11.3 Å². The van der Waals surface area contributed by atoms with Crippen LogP contribution >= 0.6 is 23.2 Å². The second-order valence-corrected chi connectivity index (χ2v) is 10.6. The third-order valence-electron chi connectivity index (χ3n) is 4.18. The van der Waals surface area contributed by atoms with Crippen molar-refractivity contribution in [1.29, 1.82) is 0 Å². The molecule has 30 heavy (non-hydrogen) atoms. The van der Waals surface area contributed by atoms with Crippen LogP contribution in [0.1, 0.15) is 58.5 Å². The third kappa shape index (κ3) is 6.58. The predicted molar refractivity (Wildman–Crippen MR) is 113 cm³/mol. The van der Waals surface area contributed by atoms with Crippen LogP contribution in [-0.2, 0) is 20.3 Å². The lowest BCUT2D eigenvalue weighted by molar-refractivity contribution is 0.0473. The van der Waals surface area contributed by atoms with Gasteiger partial charge in [-0.2, -0.15) is 0 Å². The number of nitrogens with one attached hydrogen (secondary N) is 1. The van der Waals surface area contributed by atoms with E-state index in [2.05, 4.69) is 15.5 Å². The summed E-state index contributed by atoms with van der Waals surface area (Å²) in [5.41, 5.74) is -0.262. The first kappa shape index (κ1) is 24.4. The van der Waals surface area contributed by atoms with E-state index in [1.54, 1.807) is 26.8 Å². The van der Waals surface area contributed by atoms with Crippen molar-refractivity contribution < 1.29 is 22.4 Å². The molecule has 0 aliphatic rings. The first-order valence-electron chi connectivity index (χ1n) is 9.32. The highest BCUT2D eigenvalue weighted by Crippen LogP contribution is 2.28. The van der Waals surface area contributed by atoms with Gasteiger partial charge in [-0.05, 0) is 44.4 Å². The smallest absolute Gasteiger partial charge is 0.408 e. The Morgan fingerprint density at radius 3 is 2.47 bits per heavy atom. The van der Waals surface area contributed by atoms with Gasteiger partial charge in [0.05, 0.1) is 15.8 Å². The van der Waals surface area contributed by atoms with Crippen LogP contribution in [0, 0.1) is 5.92 Å². The number of aromatic nitrogens is 2. The number of hydrogen-bond acceptors (Lipinski definition) is 7. The number of rotatable bonds is 7. The Hall–Kier alpha value is -1.84. The summed E-state index contributed by atoms with van der Waals surface area (Å²) in [6.45, 7) is 9.02. The van der Waals surface area contributed by atoms with Crippen molar-refractivity contribution in [3.63, 3.8) is 0 Å². The summed E-state index contributed by atoms with van der Waals surface area (Å²) in [5, 5.41) is 10.3. The first-order chi connectivity index (χ1) is 13.8. The van der Waals surface area contributed by atoms with Gasteiger partial charge in [-0.1, -0.05) is 54.6 Å². The van der Waals surface area contributed by atoms with Gasteiger partial charge in [-0.25, -0.2) is 13.2 Å². The topological polar surface area (TPSA) is 111 Å². The van der Waals surface area contributed by atoms with Crippen molar-refractivity contribution in [2.24, 2.45) is 5.92 Å². The van der Waals surface area contributed by atoms with Crippen LogP contribution in [0.5, 0.6) is 0 Å². The van der Waals surface area contributed by atoms with E-state index in [0.717, 1.165) is 0 Å². The lowest BCUT2D eigenvalue weighted by atomic mass is 9.99. The lowest BCUT2D eigenvalue weighted by Gasteiger charge is -2.24. The second-order valence-electron chi connectivity index (χ2n) is 7.92. The van der Waals surface area contributed by atoms with Crippen LogP contribution in [0.15, 0.2) is 27.8 Å². The molecule has 0 unspecified atom stereocenters. The first-order valence-corrected chi connectivity index (χ1v) is 11.7. The molecule has 1 aromatic carbocycles. The van der Waals surface area contributed by atoms with Gasteiger partial charge in [0.15, 0.2) is 0 Å². The molecule has 166 valence electrons. The number of carbonyl (C=O) groups is 1. The zero-order valence-electron chi connectivity index (χ0n) is 17.4. The monoisotopic (exact) mass is 477 g/mol. The maximum atomic E-state index is 12.7. The maximum Gasteiger partial charge on any atom is 0.408 e. The van der Waals surface area contributed by atoms with Gasteiger partial charge in [-0.15, -0.1) is 5.10 Å². The summed E-state index contributed by atoms with van der Waals surface area (Å²) in [7, 11) is -3.93. The SMILES string of the molecule is CC[C@@H](C)[C@@H](NC(=O)OC(C)(C)C)c1nnc(S(=O)(=O)Cc2ccc(Cl)c(Cl)c2)o1. The molecule has 0 spiro atoms. The molecule has 1 N–H and O–H groups in total. The number of amides is 1. The third-order valence-corrected chi connectivity index (χ3v) is 6.33. The molecule has 1 heterocycles. The molecular weight excluding hydrogens is 453 g/mol. The molecule has 2 rings (SSSR count). The summed E-state index contributed by atoms with van der Waals surface area (Å²) in [5.74, 6) is -0.509. The van der Waals surface area contributed by atoms with Gasteiger partial charge < -0.3 is 14.5 Å². The molecule has 0 aliphatic heterocycles. The van der Waals surface area contributed by atoms with Crippen molar-refractivity contribution in [1.82, 2.24) is 15.5 Å². The summed E-state index contributed by atoms with van der Waals surface area (Å²) in [6, 6.07) is 3.82. The Balaban J connectivity index is 2.25. The molecule has 0 saturated heterocycles. The molecule has 8 nitrogen and oxygen atoms in total. The molecule has 0 aliphatic carbocycles. The molecule has 0 fully saturated rings. The molecule has 2 atom stereocenters. The Morgan fingerprint density at radius 2 is 1.90 bits per heavy atom. The quantitative estimate of drug-likeness (QED) is 0.599. The standard InChI is InChI=1S/C19H25Cl2N3O5S/c1-6-11(2)15(22-17(25)29-19(3,4)5)16-23-24-18(28-16)30(26,27)10-12-7-8-13(20)14(21)9-12/h7-9,11,15H,6,10H2,1-5H3,(H,22,25)/t11-,15-/m1/s1. The highest BCUT2D eigenvalue weighted by molar-refractivity contribution is 7.90. The zero-order valence-corrected chi connectivity index (χ0v) is 19.7. The van der Waals surface area contributed by atoms with Crippen molar-refractivity contribution in [2.75, 3.05) is 0 Å². The average molecular weight is 478 g/mol. The van der Waals surface area contributed by atoms with E-state index in [9.17, 15) is 13.2 Å². The molecule has 1 aromatic heterocycles. The lowest BCUT2D eigenvalue weighted by Crippen LogP contribution is -2.37. The van der Waals surface area contributed by atoms with Gasteiger partial charge in [0.2, 0.25) is 15.7 Å². The number of nitrogens with zero attached hydrogens (tertiary/aromatic N) is 2. The molecule has 0 bridgehead atoms. The molecule has 0 saturated carbocycles. The highest BCUT2D eigenvalue weighted by atomic mass is 35.5. The number of halogens is 2. The molecule has 2 aromatic rings. The van der Waals surface area contributed by atoms with Gasteiger partial charge in [-0.3, -0.25) is 0 Å². The number of carbonyl (C=O) groups excluding carboxylic acids is 1. The fraction of sp³-hybridized carbons (Fsp3) is 0.526. The van der Waals surface area contributed by atoms with Crippen molar-refractivity contribution in [3.8, 4) is 0 Å². The summed E-state index contributed by atoms with van der Waals surface area (Å²) in [6.07, 6.45) is 0.0139. The van der Waals surface area contributed by atoms with Crippen LogP contribution in [0.4, 0.5) is 4.79 Å². The number of hydrogen-bond donors (Lipinski definition) is 1. The van der Waals surface area contributed by atoms with Crippen molar-refractivity contribution >= 4 is 39.1 Å². The van der Waals surface area contributed by atoms with Crippen LogP contribution in [0.2, 0.25) is 10.0 Å². The van der Waals surface area contributed by atoms with Crippen LogP contribution in [0.25, 0.3) is 0 Å².